The van der Waals surface area contributed by atoms with Crippen molar-refractivity contribution in [3.63, 3.8) is 0 Å². The van der Waals surface area contributed by atoms with Crippen LogP contribution in [0.2, 0.25) is 0 Å². The van der Waals surface area contributed by atoms with Crippen molar-refractivity contribution in [2.75, 3.05) is 51.2 Å². The Balaban J connectivity index is 0.00000300. The Labute approximate surface area is 189 Å². The average molecular weight is 511 g/mol. The molecule has 0 spiro atoms. The molecule has 0 atom stereocenters. The molecule has 1 saturated heterocycles. The monoisotopic (exact) mass is 511 g/mol. The summed E-state index contributed by atoms with van der Waals surface area (Å²) in [5, 5.41) is 6.44. The van der Waals surface area contributed by atoms with Crippen LogP contribution in [0.5, 0.6) is 0 Å². The summed E-state index contributed by atoms with van der Waals surface area (Å²) in [6.07, 6.45) is 2.93. The highest BCUT2D eigenvalue weighted by Gasteiger charge is 2.20. The molecule has 2 aromatic rings. The number of rotatable bonds is 7. The van der Waals surface area contributed by atoms with Crippen LogP contribution < -0.4 is 15.5 Å². The fraction of sp³-hybridized carbons (Fsp3) is 0.429. The molecule has 2 N–H and O–H groups in total. The van der Waals surface area contributed by atoms with E-state index in [0.29, 0.717) is 18.9 Å². The molecule has 0 saturated carbocycles. The van der Waals surface area contributed by atoms with Gasteiger partial charge in [0.1, 0.15) is 5.76 Å². The van der Waals surface area contributed by atoms with Gasteiger partial charge in [-0.1, -0.05) is 18.2 Å². The molecule has 1 aliphatic heterocycles. The first-order valence-corrected chi connectivity index (χ1v) is 9.81. The van der Waals surface area contributed by atoms with Crippen molar-refractivity contribution in [2.45, 2.75) is 12.8 Å². The number of furan rings is 1. The summed E-state index contributed by atoms with van der Waals surface area (Å²) in [5.41, 5.74) is 1.22. The third kappa shape index (κ3) is 7.26. The number of hydrogen-bond donors (Lipinski definition) is 2. The van der Waals surface area contributed by atoms with Gasteiger partial charge in [0.2, 0.25) is 5.91 Å². The molecular formula is C21H30IN5O2. The smallest absolute Gasteiger partial charge is 0.224 e. The molecule has 1 aliphatic rings. The number of halogens is 1. The molecule has 2 heterocycles. The van der Waals surface area contributed by atoms with Crippen LogP contribution in [0.25, 0.3) is 0 Å². The first-order valence-electron chi connectivity index (χ1n) is 9.81. The molecule has 1 aromatic heterocycles. The molecule has 3 rings (SSSR count). The van der Waals surface area contributed by atoms with Crippen LogP contribution in [0.15, 0.2) is 58.1 Å². The van der Waals surface area contributed by atoms with E-state index >= 15 is 0 Å². The van der Waals surface area contributed by atoms with E-state index in [1.165, 1.54) is 5.69 Å². The zero-order chi connectivity index (χ0) is 19.6. The highest BCUT2D eigenvalue weighted by molar-refractivity contribution is 14.0. The lowest BCUT2D eigenvalue weighted by atomic mass is 10.2. The van der Waals surface area contributed by atoms with Crippen molar-refractivity contribution in [3.05, 3.63) is 54.5 Å². The lowest BCUT2D eigenvalue weighted by Gasteiger charge is -2.36. The normalized spacial score (nSPS) is 14.3. The Morgan fingerprint density at radius 3 is 2.41 bits per heavy atom. The van der Waals surface area contributed by atoms with Crippen LogP contribution in [0.3, 0.4) is 0 Å². The fourth-order valence-corrected chi connectivity index (χ4v) is 3.28. The maximum atomic E-state index is 12.5. The summed E-state index contributed by atoms with van der Waals surface area (Å²) in [6, 6.07) is 14.2. The molecule has 1 amide bonds. The van der Waals surface area contributed by atoms with E-state index < -0.39 is 0 Å². The molecule has 0 aliphatic carbocycles. The number of carbonyl (C=O) groups is 1. The molecule has 0 unspecified atom stereocenters. The zero-order valence-corrected chi connectivity index (χ0v) is 19.2. The standard InChI is InChI=1S/C21H29N5O2.HI/c1-22-21(23-11-9-19-8-5-17-28-19)24-12-10-20(27)26-15-13-25(14-16-26)18-6-3-2-4-7-18;/h2-8,17H,9-16H2,1H3,(H2,22,23,24);1H. The second-order valence-electron chi connectivity index (χ2n) is 6.71. The Hall–Kier alpha value is -2.23. The Morgan fingerprint density at radius 2 is 1.76 bits per heavy atom. The summed E-state index contributed by atoms with van der Waals surface area (Å²) < 4.78 is 5.31. The van der Waals surface area contributed by atoms with E-state index in [0.717, 1.165) is 44.9 Å². The van der Waals surface area contributed by atoms with Crippen molar-refractivity contribution in [1.29, 1.82) is 0 Å². The molecule has 158 valence electrons. The number of para-hydroxylation sites is 1. The van der Waals surface area contributed by atoms with Crippen molar-refractivity contribution in [2.24, 2.45) is 4.99 Å². The van der Waals surface area contributed by atoms with Gasteiger partial charge in [-0.25, -0.2) is 0 Å². The second-order valence-corrected chi connectivity index (χ2v) is 6.71. The van der Waals surface area contributed by atoms with Gasteiger partial charge in [-0.05, 0) is 24.3 Å². The third-order valence-electron chi connectivity index (χ3n) is 4.85. The summed E-state index contributed by atoms with van der Waals surface area (Å²) in [4.78, 5) is 20.9. The van der Waals surface area contributed by atoms with Crippen LogP contribution in [0.1, 0.15) is 12.2 Å². The van der Waals surface area contributed by atoms with Gasteiger partial charge in [-0.15, -0.1) is 24.0 Å². The summed E-state index contributed by atoms with van der Waals surface area (Å²) >= 11 is 0. The quantitative estimate of drug-likeness (QED) is 0.339. The number of hydrogen-bond acceptors (Lipinski definition) is 4. The van der Waals surface area contributed by atoms with E-state index in [4.69, 9.17) is 4.42 Å². The Bertz CT molecular complexity index is 744. The summed E-state index contributed by atoms with van der Waals surface area (Å²) in [7, 11) is 1.73. The van der Waals surface area contributed by atoms with Crippen LogP contribution in [0, 0.1) is 0 Å². The zero-order valence-electron chi connectivity index (χ0n) is 16.8. The van der Waals surface area contributed by atoms with Crippen molar-refractivity contribution in [3.8, 4) is 0 Å². The molecule has 8 heteroatoms. The van der Waals surface area contributed by atoms with Crippen LogP contribution in [-0.4, -0.2) is 63.1 Å². The predicted molar refractivity (Wildman–Crippen MR) is 127 cm³/mol. The Kier molecular flexibility index (Phi) is 9.82. The van der Waals surface area contributed by atoms with E-state index in [1.54, 1.807) is 13.3 Å². The highest BCUT2D eigenvalue weighted by Crippen LogP contribution is 2.15. The molecule has 7 nitrogen and oxygen atoms in total. The molecule has 1 fully saturated rings. The minimum absolute atomic E-state index is 0. The number of nitrogens with zero attached hydrogens (tertiary/aromatic N) is 3. The molecule has 1 aromatic carbocycles. The van der Waals surface area contributed by atoms with E-state index in [9.17, 15) is 4.79 Å². The van der Waals surface area contributed by atoms with E-state index in [1.807, 2.05) is 35.2 Å². The SMILES string of the molecule is CN=C(NCCC(=O)N1CCN(c2ccccc2)CC1)NCCc1ccco1.I. The molecule has 0 radical (unpaired) electrons. The van der Waals surface area contributed by atoms with Gasteiger partial charge < -0.3 is 24.9 Å². The number of benzene rings is 1. The van der Waals surface area contributed by atoms with Gasteiger partial charge in [-0.2, -0.15) is 0 Å². The number of amides is 1. The Morgan fingerprint density at radius 1 is 1.03 bits per heavy atom. The minimum atomic E-state index is 0. The van der Waals surface area contributed by atoms with Crippen molar-refractivity contribution >= 4 is 41.5 Å². The van der Waals surface area contributed by atoms with Gasteiger partial charge in [0.25, 0.3) is 0 Å². The lowest BCUT2D eigenvalue weighted by Crippen LogP contribution is -2.49. The molecule has 0 bridgehead atoms. The highest BCUT2D eigenvalue weighted by atomic mass is 127. The summed E-state index contributed by atoms with van der Waals surface area (Å²) in [5.74, 6) is 1.83. The number of nitrogens with one attached hydrogen (secondary N) is 2. The first kappa shape index (κ1) is 23.1. The number of aliphatic imine (C=N–C) groups is 1. The van der Waals surface area contributed by atoms with Gasteiger partial charge >= 0.3 is 0 Å². The van der Waals surface area contributed by atoms with E-state index in [-0.39, 0.29) is 29.9 Å². The van der Waals surface area contributed by atoms with Gasteiger partial charge in [0.15, 0.2) is 5.96 Å². The average Bonchev–Trinajstić information content (AvgIpc) is 3.27. The number of anilines is 1. The number of piperazine rings is 1. The summed E-state index contributed by atoms with van der Waals surface area (Å²) in [6.45, 7) is 4.58. The predicted octanol–water partition coefficient (Wildman–Crippen LogP) is 2.34. The first-order chi connectivity index (χ1) is 13.8. The topological polar surface area (TPSA) is 73.1 Å². The third-order valence-corrected chi connectivity index (χ3v) is 4.85. The molecular weight excluding hydrogens is 481 g/mol. The minimum Gasteiger partial charge on any atom is -0.469 e. The van der Waals surface area contributed by atoms with Crippen LogP contribution in [-0.2, 0) is 11.2 Å². The van der Waals surface area contributed by atoms with Crippen LogP contribution >= 0.6 is 24.0 Å². The second kappa shape index (κ2) is 12.4. The van der Waals surface area contributed by atoms with Gasteiger partial charge in [-0.3, -0.25) is 9.79 Å². The maximum Gasteiger partial charge on any atom is 0.224 e. The van der Waals surface area contributed by atoms with Gasteiger partial charge in [0, 0.05) is 64.8 Å². The van der Waals surface area contributed by atoms with E-state index in [2.05, 4.69) is 32.7 Å². The largest absolute Gasteiger partial charge is 0.469 e. The van der Waals surface area contributed by atoms with Crippen molar-refractivity contribution < 1.29 is 9.21 Å². The maximum absolute atomic E-state index is 12.5. The molecule has 29 heavy (non-hydrogen) atoms. The van der Waals surface area contributed by atoms with Crippen LogP contribution in [0.4, 0.5) is 5.69 Å². The van der Waals surface area contributed by atoms with Crippen molar-refractivity contribution in [1.82, 2.24) is 15.5 Å². The number of guanidine groups is 1. The fourth-order valence-electron chi connectivity index (χ4n) is 3.28. The van der Waals surface area contributed by atoms with Gasteiger partial charge in [0.05, 0.1) is 6.26 Å². The number of carbonyl (C=O) groups excluding carboxylic acids is 1. The lowest BCUT2D eigenvalue weighted by molar-refractivity contribution is -0.131.